The number of nitrogens with zero attached hydrogens (tertiary/aromatic N) is 1. The highest BCUT2D eigenvalue weighted by Crippen LogP contribution is 2.31. The number of carbonyl (C=O) groups is 1. The Balaban J connectivity index is 1.85. The molecule has 0 saturated heterocycles. The molecule has 0 atom stereocenters. The number of amides is 1. The number of nitrogens with two attached hydrogens (primary N) is 1. The maximum absolute atomic E-state index is 12.8. The summed E-state index contributed by atoms with van der Waals surface area (Å²) < 4.78 is 0.887. The maximum Gasteiger partial charge on any atom is 0.256 e. The van der Waals surface area contributed by atoms with E-state index in [0.29, 0.717) is 23.8 Å². The van der Waals surface area contributed by atoms with E-state index in [-0.39, 0.29) is 5.91 Å². The number of anilines is 1. The van der Waals surface area contributed by atoms with Gasteiger partial charge in [0.15, 0.2) is 0 Å². The summed E-state index contributed by atoms with van der Waals surface area (Å²) >= 11 is 3.37. The van der Waals surface area contributed by atoms with Crippen LogP contribution in [-0.2, 0) is 6.54 Å². The van der Waals surface area contributed by atoms with Gasteiger partial charge in [0.25, 0.3) is 5.91 Å². The summed E-state index contributed by atoms with van der Waals surface area (Å²) in [7, 11) is 0. The molecule has 1 aliphatic rings. The second-order valence-corrected chi connectivity index (χ2v) is 6.30. The van der Waals surface area contributed by atoms with E-state index in [1.165, 1.54) is 0 Å². The van der Waals surface area contributed by atoms with Gasteiger partial charge in [-0.2, -0.15) is 0 Å². The molecular formula is C17H17BrN2O. The van der Waals surface area contributed by atoms with Crippen LogP contribution in [0.25, 0.3) is 0 Å². The molecule has 1 aliphatic carbocycles. The van der Waals surface area contributed by atoms with Crippen LogP contribution in [0.5, 0.6) is 0 Å². The van der Waals surface area contributed by atoms with E-state index in [0.717, 1.165) is 22.9 Å². The molecule has 0 aliphatic heterocycles. The van der Waals surface area contributed by atoms with Crippen LogP contribution in [0.3, 0.4) is 0 Å². The fourth-order valence-corrected chi connectivity index (χ4v) is 2.79. The number of nitrogen functional groups attached to an aromatic ring is 1. The SMILES string of the molecule is Nc1cc(Br)ccc1C(=O)N(Cc1ccccc1)C1CC1. The first-order valence-electron chi connectivity index (χ1n) is 7.05. The highest BCUT2D eigenvalue weighted by molar-refractivity contribution is 9.10. The van der Waals surface area contributed by atoms with Crippen LogP contribution in [0.4, 0.5) is 5.69 Å². The van der Waals surface area contributed by atoms with Crippen molar-refractivity contribution in [2.24, 2.45) is 0 Å². The molecule has 0 heterocycles. The van der Waals surface area contributed by atoms with Crippen molar-refractivity contribution in [2.45, 2.75) is 25.4 Å². The minimum Gasteiger partial charge on any atom is -0.398 e. The fourth-order valence-electron chi connectivity index (χ4n) is 2.42. The van der Waals surface area contributed by atoms with E-state index in [9.17, 15) is 4.79 Å². The van der Waals surface area contributed by atoms with Crippen LogP contribution in [0.15, 0.2) is 53.0 Å². The van der Waals surface area contributed by atoms with Crippen molar-refractivity contribution in [3.8, 4) is 0 Å². The van der Waals surface area contributed by atoms with Crippen molar-refractivity contribution in [2.75, 3.05) is 5.73 Å². The van der Waals surface area contributed by atoms with E-state index < -0.39 is 0 Å². The minimum atomic E-state index is 0.0198. The molecule has 0 spiro atoms. The van der Waals surface area contributed by atoms with E-state index in [4.69, 9.17) is 5.73 Å². The van der Waals surface area contributed by atoms with Crippen LogP contribution < -0.4 is 5.73 Å². The third-order valence-corrected chi connectivity index (χ3v) is 4.18. The first kappa shape index (κ1) is 14.1. The van der Waals surface area contributed by atoms with E-state index in [1.807, 2.05) is 41.3 Å². The van der Waals surface area contributed by atoms with E-state index >= 15 is 0 Å². The zero-order valence-electron chi connectivity index (χ0n) is 11.6. The van der Waals surface area contributed by atoms with Crippen molar-refractivity contribution in [1.29, 1.82) is 0 Å². The van der Waals surface area contributed by atoms with Gasteiger partial charge in [-0.25, -0.2) is 0 Å². The van der Waals surface area contributed by atoms with Crippen molar-refractivity contribution >= 4 is 27.5 Å². The summed E-state index contributed by atoms with van der Waals surface area (Å²) in [6, 6.07) is 15.9. The lowest BCUT2D eigenvalue weighted by Gasteiger charge is -2.23. The molecule has 1 saturated carbocycles. The number of hydrogen-bond acceptors (Lipinski definition) is 2. The first-order chi connectivity index (χ1) is 10.1. The molecule has 108 valence electrons. The predicted molar refractivity (Wildman–Crippen MR) is 87.9 cm³/mol. The number of carbonyl (C=O) groups excluding carboxylic acids is 1. The van der Waals surface area contributed by atoms with Gasteiger partial charge in [0.05, 0.1) is 5.56 Å². The van der Waals surface area contributed by atoms with Gasteiger partial charge in [0.1, 0.15) is 0 Å². The third-order valence-electron chi connectivity index (χ3n) is 3.69. The quantitative estimate of drug-likeness (QED) is 0.856. The lowest BCUT2D eigenvalue weighted by atomic mass is 10.1. The van der Waals surface area contributed by atoms with Gasteiger partial charge in [0, 0.05) is 22.7 Å². The summed E-state index contributed by atoms with van der Waals surface area (Å²) in [5.74, 6) is 0.0198. The Morgan fingerprint density at radius 1 is 1.19 bits per heavy atom. The van der Waals surface area contributed by atoms with Gasteiger partial charge in [-0.15, -0.1) is 0 Å². The monoisotopic (exact) mass is 344 g/mol. The highest BCUT2D eigenvalue weighted by Gasteiger charge is 2.33. The lowest BCUT2D eigenvalue weighted by Crippen LogP contribution is -2.33. The average Bonchev–Trinajstić information content (AvgIpc) is 3.30. The van der Waals surface area contributed by atoms with E-state index in [2.05, 4.69) is 15.9 Å². The Bertz CT molecular complexity index is 653. The Labute approximate surface area is 132 Å². The van der Waals surface area contributed by atoms with Gasteiger partial charge in [-0.05, 0) is 36.6 Å². The maximum atomic E-state index is 12.8. The zero-order valence-corrected chi connectivity index (χ0v) is 13.2. The van der Waals surface area contributed by atoms with Gasteiger partial charge < -0.3 is 10.6 Å². The van der Waals surface area contributed by atoms with Gasteiger partial charge in [-0.3, -0.25) is 4.79 Å². The Morgan fingerprint density at radius 3 is 2.52 bits per heavy atom. The number of benzene rings is 2. The molecule has 2 aromatic rings. The smallest absolute Gasteiger partial charge is 0.256 e. The number of halogens is 1. The molecule has 21 heavy (non-hydrogen) atoms. The van der Waals surface area contributed by atoms with Crippen LogP contribution in [-0.4, -0.2) is 16.8 Å². The predicted octanol–water partition coefficient (Wildman–Crippen LogP) is 3.84. The highest BCUT2D eigenvalue weighted by atomic mass is 79.9. The van der Waals surface area contributed by atoms with Crippen molar-refractivity contribution in [1.82, 2.24) is 4.90 Å². The summed E-state index contributed by atoms with van der Waals surface area (Å²) in [5.41, 5.74) is 8.25. The second kappa shape index (κ2) is 5.90. The van der Waals surface area contributed by atoms with Crippen LogP contribution in [0.2, 0.25) is 0 Å². The summed E-state index contributed by atoms with van der Waals surface area (Å²) in [5, 5.41) is 0. The van der Waals surface area contributed by atoms with Gasteiger partial charge in [0.2, 0.25) is 0 Å². The minimum absolute atomic E-state index is 0.0198. The van der Waals surface area contributed by atoms with Crippen LogP contribution in [0.1, 0.15) is 28.8 Å². The molecule has 0 radical (unpaired) electrons. The molecule has 0 unspecified atom stereocenters. The number of hydrogen-bond donors (Lipinski definition) is 1. The van der Waals surface area contributed by atoms with Crippen molar-refractivity contribution in [3.63, 3.8) is 0 Å². The molecule has 0 bridgehead atoms. The lowest BCUT2D eigenvalue weighted by molar-refractivity contribution is 0.0731. The topological polar surface area (TPSA) is 46.3 Å². The number of rotatable bonds is 4. The molecule has 1 amide bonds. The summed E-state index contributed by atoms with van der Waals surface area (Å²) in [4.78, 5) is 14.7. The summed E-state index contributed by atoms with van der Waals surface area (Å²) in [6.07, 6.45) is 2.16. The van der Waals surface area contributed by atoms with Crippen molar-refractivity contribution < 1.29 is 4.79 Å². The molecule has 3 rings (SSSR count). The van der Waals surface area contributed by atoms with Crippen LogP contribution >= 0.6 is 15.9 Å². The second-order valence-electron chi connectivity index (χ2n) is 5.38. The third kappa shape index (κ3) is 3.27. The Morgan fingerprint density at radius 2 is 1.90 bits per heavy atom. The van der Waals surface area contributed by atoms with Gasteiger partial charge in [-0.1, -0.05) is 46.3 Å². The standard InChI is InChI=1S/C17H17BrN2O/c18-13-6-9-15(16(19)10-13)17(21)20(14-7-8-14)11-12-4-2-1-3-5-12/h1-6,9-10,14H,7-8,11,19H2. The first-order valence-corrected chi connectivity index (χ1v) is 7.84. The normalized spacial score (nSPS) is 14.0. The van der Waals surface area contributed by atoms with Crippen molar-refractivity contribution in [3.05, 3.63) is 64.1 Å². The average molecular weight is 345 g/mol. The molecule has 2 N–H and O–H groups in total. The largest absolute Gasteiger partial charge is 0.398 e. The molecular weight excluding hydrogens is 328 g/mol. The molecule has 4 heteroatoms. The zero-order chi connectivity index (χ0) is 14.8. The molecule has 3 nitrogen and oxygen atoms in total. The fraction of sp³-hybridized carbons (Fsp3) is 0.235. The summed E-state index contributed by atoms with van der Waals surface area (Å²) in [6.45, 7) is 0.639. The molecule has 0 aromatic heterocycles. The molecule has 1 fully saturated rings. The van der Waals surface area contributed by atoms with E-state index in [1.54, 1.807) is 12.1 Å². The Hall–Kier alpha value is -1.81. The Kier molecular flexibility index (Phi) is 3.97. The van der Waals surface area contributed by atoms with Crippen LogP contribution in [0, 0.1) is 0 Å². The molecule has 2 aromatic carbocycles. The van der Waals surface area contributed by atoms with Gasteiger partial charge >= 0.3 is 0 Å².